The first-order chi connectivity index (χ1) is 59.2. The normalized spacial score (nSPS) is 14.3. The zero-order valence-corrected chi connectivity index (χ0v) is 91.7. The zero-order chi connectivity index (χ0) is 98.4. The quantitative estimate of drug-likeness (QED) is 0.125. The first kappa shape index (κ1) is 126. The van der Waals surface area contributed by atoms with E-state index >= 15 is 0 Å². The van der Waals surface area contributed by atoms with E-state index in [1.54, 1.807) is 0 Å². The first-order valence-corrected chi connectivity index (χ1v) is 50.3. The molecule has 0 aromatic heterocycles. The summed E-state index contributed by atoms with van der Waals surface area (Å²) in [7, 11) is 0. The van der Waals surface area contributed by atoms with Gasteiger partial charge in [-0.3, -0.25) is 0 Å². The molecule has 131 heavy (non-hydrogen) atoms. The van der Waals surface area contributed by atoms with E-state index in [0.29, 0.717) is 54.1 Å². The lowest BCUT2D eigenvalue weighted by Gasteiger charge is -2.41. The number of aryl methyl sites for hydroxylation is 6. The van der Waals surface area contributed by atoms with Gasteiger partial charge in [0.15, 0.2) is 0 Å². The summed E-state index contributed by atoms with van der Waals surface area (Å²) in [6.07, 6.45) is 24.0. The third-order valence-electron chi connectivity index (χ3n) is 23.9. The first-order valence-electron chi connectivity index (χ1n) is 50.3. The monoisotopic (exact) mass is 1790 g/mol. The molecule has 1 nitrogen and oxygen atoms in total. The minimum Gasteiger partial charge on any atom is -0.494 e. The topological polar surface area (TPSA) is 9.23 Å². The summed E-state index contributed by atoms with van der Waals surface area (Å²) in [4.78, 5) is 0. The molecule has 2 aliphatic rings. The van der Waals surface area contributed by atoms with Crippen LogP contribution in [0.1, 0.15) is 414 Å². The maximum absolute atomic E-state index is 5.58. The van der Waals surface area contributed by atoms with Crippen LogP contribution < -0.4 is 4.74 Å². The smallest absolute Gasteiger partial charge is 0.119 e. The molecule has 0 N–H and O–H groups in total. The lowest BCUT2D eigenvalue weighted by atomic mass is 9.64. The van der Waals surface area contributed by atoms with Crippen LogP contribution in [0.5, 0.6) is 5.75 Å². The van der Waals surface area contributed by atoms with Crippen molar-refractivity contribution in [2.24, 2.45) is 66.5 Å². The fourth-order valence-corrected chi connectivity index (χ4v) is 15.3. The molecule has 736 valence electrons. The van der Waals surface area contributed by atoms with Crippen LogP contribution >= 0.6 is 0 Å². The maximum atomic E-state index is 5.58. The largest absolute Gasteiger partial charge is 0.494 e. The molecule has 0 radical (unpaired) electrons. The van der Waals surface area contributed by atoms with Crippen LogP contribution in [0.25, 0.3) is 0 Å². The van der Waals surface area contributed by atoms with Gasteiger partial charge in [-0.1, -0.05) is 542 Å². The molecular formula is C130H210O. The summed E-state index contributed by atoms with van der Waals surface area (Å²) in [5.41, 5.74) is 21.8. The van der Waals surface area contributed by atoms with Gasteiger partial charge in [0, 0.05) is 0 Å². The van der Waals surface area contributed by atoms with Crippen LogP contribution in [-0.4, -0.2) is 6.61 Å². The second-order valence-electron chi connectivity index (χ2n) is 51.4. The molecular weight excluding hydrogens is 1580 g/mol. The summed E-state index contributed by atoms with van der Waals surface area (Å²) in [5.74, 6) is 3.88. The van der Waals surface area contributed by atoms with Gasteiger partial charge in [0.05, 0.1) is 6.61 Å². The molecule has 0 aliphatic heterocycles. The van der Waals surface area contributed by atoms with E-state index in [0.717, 1.165) is 55.8 Å². The average molecular weight is 1790 g/mol. The molecule has 0 unspecified atom stereocenters. The van der Waals surface area contributed by atoms with Gasteiger partial charge in [-0.25, -0.2) is 0 Å². The molecule has 2 aliphatic carbocycles. The van der Waals surface area contributed by atoms with Crippen LogP contribution in [0.2, 0.25) is 0 Å². The lowest BCUT2D eigenvalue weighted by Crippen LogP contribution is -2.30. The van der Waals surface area contributed by atoms with Gasteiger partial charge in [0.2, 0.25) is 0 Å². The Morgan fingerprint density at radius 1 is 0.221 bits per heavy atom. The molecule has 2 saturated carbocycles. The Morgan fingerprint density at radius 2 is 0.458 bits per heavy atom. The van der Waals surface area contributed by atoms with Gasteiger partial charge in [0.25, 0.3) is 0 Å². The maximum Gasteiger partial charge on any atom is 0.119 e. The van der Waals surface area contributed by atoms with Crippen molar-refractivity contribution in [2.75, 3.05) is 6.61 Å². The summed E-state index contributed by atoms with van der Waals surface area (Å²) in [6.45, 7) is 91.7. The number of hydrogen-bond donors (Lipinski definition) is 0. The minimum absolute atomic E-state index is 0. The van der Waals surface area contributed by atoms with Gasteiger partial charge < -0.3 is 4.74 Å². The number of benzene rings is 9. The predicted octanol–water partition coefficient (Wildman–Crippen LogP) is 41.0. The van der Waals surface area contributed by atoms with Crippen molar-refractivity contribution in [1.29, 1.82) is 0 Å². The molecule has 11 rings (SSSR count). The molecule has 0 heterocycles. The SMILES string of the molecule is C.C.CC(C)(C)C1CCC(C(C)(C)C)CC1.CC(C)(C)C1CCCCC1.CC(C)(C)CCCc1ccccc1.CC(C)(C)CCOc1ccccc1.CC(C)(C)CCc1ccccc1.CC(C)(C)Cc1ccccc1.CC(C)(C)c1ccccc1.Cc1ccc(C(C)(C)C)cc1.Cc1ccc(C(C)(C)C)cc1.Cc1ccc(CC(C)(C)C)cc1.Cc1ccc(CC(C)(C)C)cc1. The summed E-state index contributed by atoms with van der Waals surface area (Å²) >= 11 is 0. The van der Waals surface area contributed by atoms with Gasteiger partial charge in [-0.2, -0.15) is 0 Å². The molecule has 0 saturated heterocycles. The van der Waals surface area contributed by atoms with Crippen molar-refractivity contribution in [1.82, 2.24) is 0 Å². The number of hydrogen-bond acceptors (Lipinski definition) is 1. The number of rotatable bonds is 11. The standard InChI is InChI=1S/C14H28.C13H20.C12H18O.3C12H18.3C11H16.C10H20.C10H14.2CH4/c1-13(2,3)11-7-9-12(10-8-11)14(4,5)6;1-13(2,3)11-7-10-12-8-5-4-6-9-12;1-12(2,3)9-10-13-11-7-5-4-6-8-11;2*1-10-5-7-11(8-6-10)9-12(2,3)4;1-12(2,3)10-9-11-7-5-4-6-8-11;2*1-9-5-7-10(8-6-9)11(2,3)4;1-11(2,3)9-10-7-5-4-6-8-10;2*1-10(2,3)9-7-5-4-6-8-9;;/h11-12H,7-10H2,1-6H3;4-6,8-9H,7,10-11H2,1-3H3;4-8H,9-10H2,1-3H3;2*5-8H,9H2,1-4H3;4-8H,9-10H2,1-3H3;2*5-8H,1-4H3;4-8H,9H2,1-3H3;9H,4-8H2,1-3H3;4-8H,1-3H3;2*1H4. The number of ether oxygens (including phenoxy) is 1. The van der Waals surface area contributed by atoms with Crippen molar-refractivity contribution in [3.63, 3.8) is 0 Å². The van der Waals surface area contributed by atoms with Crippen molar-refractivity contribution < 1.29 is 4.74 Å². The third kappa shape index (κ3) is 68.4. The van der Waals surface area contributed by atoms with Crippen LogP contribution in [0, 0.1) is 94.2 Å². The van der Waals surface area contributed by atoms with Gasteiger partial charge >= 0.3 is 0 Å². The molecule has 0 bridgehead atoms. The molecule has 0 atom stereocenters. The zero-order valence-electron chi connectivity index (χ0n) is 91.7. The van der Waals surface area contributed by atoms with Crippen LogP contribution in [0.4, 0.5) is 0 Å². The Bertz CT molecular complexity index is 4000. The highest BCUT2D eigenvalue weighted by atomic mass is 16.5. The van der Waals surface area contributed by atoms with E-state index in [1.807, 2.05) is 30.3 Å². The van der Waals surface area contributed by atoms with Gasteiger partial charge in [0.1, 0.15) is 5.75 Å². The predicted molar refractivity (Wildman–Crippen MR) is 596 cm³/mol. The van der Waals surface area contributed by atoms with Crippen LogP contribution in [-0.2, 0) is 48.3 Å². The van der Waals surface area contributed by atoms with Crippen molar-refractivity contribution in [3.05, 3.63) is 315 Å². The van der Waals surface area contributed by atoms with Crippen molar-refractivity contribution in [3.8, 4) is 5.75 Å². The second kappa shape index (κ2) is 60.3. The average Bonchev–Trinajstić information content (AvgIpc) is 0.833. The Balaban J connectivity index is 0. The molecule has 0 spiro atoms. The van der Waals surface area contributed by atoms with Crippen molar-refractivity contribution in [2.45, 2.75) is 424 Å². The Hall–Kier alpha value is -7.22. The summed E-state index contributed by atoms with van der Waals surface area (Å²) in [6, 6.07) is 87.7. The minimum atomic E-state index is 0. The lowest BCUT2D eigenvalue weighted by molar-refractivity contribution is 0.0970. The summed E-state index contributed by atoms with van der Waals surface area (Å²) < 4.78 is 5.58. The van der Waals surface area contributed by atoms with E-state index in [1.165, 1.54) is 157 Å². The fraction of sp³-hybridized carbons (Fsp3) is 0.585. The molecule has 9 aromatic rings. The highest BCUT2D eigenvalue weighted by Crippen LogP contribution is 2.45. The van der Waals surface area contributed by atoms with Crippen LogP contribution in [0.15, 0.2) is 249 Å². The highest BCUT2D eigenvalue weighted by molar-refractivity contribution is 5.29. The third-order valence-corrected chi connectivity index (χ3v) is 23.9. The number of para-hydroxylation sites is 1. The fourth-order valence-electron chi connectivity index (χ4n) is 15.3. The second-order valence-corrected chi connectivity index (χ2v) is 51.4. The van der Waals surface area contributed by atoms with Gasteiger partial charge in [-0.15, -0.1) is 0 Å². The molecule has 0 amide bonds. The Morgan fingerprint density at radius 3 is 0.710 bits per heavy atom. The Kier molecular flexibility index (Phi) is 57.9. The van der Waals surface area contributed by atoms with E-state index in [-0.39, 0.29) is 25.7 Å². The van der Waals surface area contributed by atoms with E-state index in [4.69, 9.17) is 4.74 Å². The Labute approximate surface area is 817 Å². The van der Waals surface area contributed by atoms with E-state index in [2.05, 4.69) is 495 Å². The van der Waals surface area contributed by atoms with Crippen molar-refractivity contribution >= 4 is 0 Å². The molecule has 2 fully saturated rings. The van der Waals surface area contributed by atoms with E-state index in [9.17, 15) is 0 Å². The van der Waals surface area contributed by atoms with Crippen LogP contribution in [0.3, 0.4) is 0 Å². The van der Waals surface area contributed by atoms with Gasteiger partial charge in [-0.05, 0) is 263 Å². The summed E-state index contributed by atoms with van der Waals surface area (Å²) in [5, 5.41) is 0. The molecule has 9 aromatic carbocycles. The highest BCUT2D eigenvalue weighted by Gasteiger charge is 2.34. The molecule has 1 heteroatoms. The van der Waals surface area contributed by atoms with E-state index < -0.39 is 0 Å².